The largest absolute Gasteiger partial charge is 0.367 e. The van der Waals surface area contributed by atoms with Crippen LogP contribution in [0, 0.1) is 5.92 Å². The van der Waals surface area contributed by atoms with E-state index in [2.05, 4.69) is 79.4 Å². The maximum Gasteiger partial charge on any atom is 0.120 e. The lowest BCUT2D eigenvalue weighted by molar-refractivity contribution is 0.0869. The number of hydrogen-bond acceptors (Lipinski definition) is 2. The number of alkyl halides is 1. The fourth-order valence-corrected chi connectivity index (χ4v) is 3.84. The van der Waals surface area contributed by atoms with Crippen LogP contribution >= 0.6 is 11.6 Å². The Balaban J connectivity index is 1.87. The lowest BCUT2D eigenvalue weighted by Gasteiger charge is -2.36. The predicted molar refractivity (Wildman–Crippen MR) is 105 cm³/mol. The molecule has 1 saturated heterocycles. The maximum atomic E-state index is 6.33. The Morgan fingerprint density at radius 2 is 1.44 bits per heavy atom. The minimum Gasteiger partial charge on any atom is -0.367 e. The molecule has 1 aliphatic heterocycles. The third kappa shape index (κ3) is 4.84. The van der Waals surface area contributed by atoms with E-state index >= 15 is 0 Å². The van der Waals surface area contributed by atoms with Crippen LogP contribution in [0.5, 0.6) is 0 Å². The molecular formula is C22H28ClNO. The van der Waals surface area contributed by atoms with Gasteiger partial charge in [-0.05, 0) is 23.5 Å². The molecule has 134 valence electrons. The third-order valence-corrected chi connectivity index (χ3v) is 5.39. The SMILES string of the molecule is CC(C)C[C@H](N(Cc1ccccc1)Cc1ccccc1)[C@@]1(CCl)CO1. The Kier molecular flexibility index (Phi) is 6.16. The first kappa shape index (κ1) is 18.4. The molecule has 2 aromatic carbocycles. The van der Waals surface area contributed by atoms with Gasteiger partial charge in [0.15, 0.2) is 0 Å². The van der Waals surface area contributed by atoms with Crippen LogP contribution in [0.15, 0.2) is 60.7 Å². The van der Waals surface area contributed by atoms with Gasteiger partial charge in [-0.2, -0.15) is 0 Å². The van der Waals surface area contributed by atoms with Crippen LogP contribution in [0.4, 0.5) is 0 Å². The molecule has 0 aromatic heterocycles. The van der Waals surface area contributed by atoms with E-state index in [-0.39, 0.29) is 5.60 Å². The van der Waals surface area contributed by atoms with Gasteiger partial charge in [-0.15, -0.1) is 11.6 Å². The van der Waals surface area contributed by atoms with E-state index in [0.29, 0.717) is 17.8 Å². The predicted octanol–water partition coefficient (Wildman–Crippen LogP) is 5.11. The van der Waals surface area contributed by atoms with Crippen LogP contribution in [-0.2, 0) is 17.8 Å². The van der Waals surface area contributed by atoms with Gasteiger partial charge in [0.25, 0.3) is 0 Å². The zero-order valence-corrected chi connectivity index (χ0v) is 16.0. The van der Waals surface area contributed by atoms with Gasteiger partial charge in [-0.3, -0.25) is 4.90 Å². The zero-order chi connectivity index (χ0) is 17.7. The van der Waals surface area contributed by atoms with Crippen LogP contribution in [0.2, 0.25) is 0 Å². The van der Waals surface area contributed by atoms with E-state index in [1.54, 1.807) is 0 Å². The summed E-state index contributed by atoms with van der Waals surface area (Å²) in [6, 6.07) is 21.7. The molecule has 2 atom stereocenters. The molecule has 3 heteroatoms. The summed E-state index contributed by atoms with van der Waals surface area (Å²) in [5.41, 5.74) is 2.48. The molecule has 25 heavy (non-hydrogen) atoms. The summed E-state index contributed by atoms with van der Waals surface area (Å²) in [5.74, 6) is 1.16. The van der Waals surface area contributed by atoms with Crippen LogP contribution in [0.3, 0.4) is 0 Å². The molecule has 3 rings (SSSR count). The summed E-state index contributed by atoms with van der Waals surface area (Å²) in [5, 5.41) is 0. The van der Waals surface area contributed by atoms with Gasteiger partial charge < -0.3 is 4.74 Å². The summed E-state index contributed by atoms with van der Waals surface area (Å²) in [4.78, 5) is 2.56. The highest BCUT2D eigenvalue weighted by Gasteiger charge is 2.53. The van der Waals surface area contributed by atoms with Crippen LogP contribution in [-0.4, -0.2) is 29.0 Å². The molecule has 0 N–H and O–H groups in total. The second-order valence-corrected chi connectivity index (χ2v) is 7.78. The Morgan fingerprint density at radius 3 is 1.80 bits per heavy atom. The summed E-state index contributed by atoms with van der Waals surface area (Å²) >= 11 is 6.33. The van der Waals surface area contributed by atoms with Crippen molar-refractivity contribution in [2.75, 3.05) is 12.5 Å². The molecule has 0 aliphatic carbocycles. The van der Waals surface area contributed by atoms with Gasteiger partial charge in [-0.1, -0.05) is 74.5 Å². The zero-order valence-electron chi connectivity index (χ0n) is 15.2. The van der Waals surface area contributed by atoms with E-state index in [1.165, 1.54) is 11.1 Å². The number of hydrogen-bond donors (Lipinski definition) is 0. The summed E-state index contributed by atoms with van der Waals surface area (Å²) in [6.45, 7) is 7.15. The van der Waals surface area contributed by atoms with Crippen molar-refractivity contribution < 1.29 is 4.74 Å². The topological polar surface area (TPSA) is 15.8 Å². The molecule has 2 nitrogen and oxygen atoms in total. The monoisotopic (exact) mass is 357 g/mol. The average Bonchev–Trinajstić information content (AvgIpc) is 3.42. The Labute approximate surface area is 156 Å². The molecule has 0 bridgehead atoms. The third-order valence-electron chi connectivity index (χ3n) is 4.94. The van der Waals surface area contributed by atoms with E-state index in [1.807, 2.05) is 0 Å². The van der Waals surface area contributed by atoms with Gasteiger partial charge in [-0.25, -0.2) is 0 Å². The van der Waals surface area contributed by atoms with Gasteiger partial charge in [0.2, 0.25) is 0 Å². The van der Waals surface area contributed by atoms with Crippen molar-refractivity contribution in [2.24, 2.45) is 5.92 Å². The van der Waals surface area contributed by atoms with Crippen molar-refractivity contribution in [3.8, 4) is 0 Å². The molecule has 0 radical (unpaired) electrons. The van der Waals surface area contributed by atoms with Gasteiger partial charge >= 0.3 is 0 Å². The summed E-state index contributed by atoms with van der Waals surface area (Å²) < 4.78 is 5.89. The lowest BCUT2D eigenvalue weighted by atomic mass is 9.91. The molecule has 1 fully saturated rings. The first-order chi connectivity index (χ1) is 12.1. The quantitative estimate of drug-likeness (QED) is 0.457. The number of ether oxygens (including phenoxy) is 1. The summed E-state index contributed by atoms with van der Waals surface area (Å²) in [7, 11) is 0. The van der Waals surface area contributed by atoms with E-state index in [4.69, 9.17) is 16.3 Å². The fraction of sp³-hybridized carbons (Fsp3) is 0.455. The normalized spacial score (nSPS) is 20.8. The Morgan fingerprint density at radius 1 is 0.960 bits per heavy atom. The van der Waals surface area contributed by atoms with Gasteiger partial charge in [0.1, 0.15) is 5.60 Å². The minimum absolute atomic E-state index is 0.185. The number of benzene rings is 2. The Hall–Kier alpha value is -1.35. The standard InChI is InChI=1S/C22H28ClNO/c1-18(2)13-21(22(16-23)17-25-22)24(14-19-9-5-3-6-10-19)15-20-11-7-4-8-12-20/h3-12,18,21H,13-17H2,1-2H3/t21-,22+/m0/s1. The van der Waals surface area contributed by atoms with Crippen LogP contribution in [0.1, 0.15) is 31.4 Å². The lowest BCUT2D eigenvalue weighted by Crippen LogP contribution is -2.47. The molecule has 0 amide bonds. The molecule has 2 aromatic rings. The second-order valence-electron chi connectivity index (χ2n) is 7.51. The molecular weight excluding hydrogens is 330 g/mol. The Bertz CT molecular complexity index is 598. The highest BCUT2D eigenvalue weighted by atomic mass is 35.5. The first-order valence-electron chi connectivity index (χ1n) is 9.15. The molecule has 0 unspecified atom stereocenters. The van der Waals surface area contributed by atoms with Crippen molar-refractivity contribution in [3.63, 3.8) is 0 Å². The second kappa shape index (κ2) is 8.35. The maximum absolute atomic E-state index is 6.33. The molecule has 1 heterocycles. The van der Waals surface area contributed by atoms with Crippen molar-refractivity contribution in [3.05, 3.63) is 71.8 Å². The number of halogens is 1. The average molecular weight is 358 g/mol. The van der Waals surface area contributed by atoms with Crippen LogP contribution in [0.25, 0.3) is 0 Å². The summed E-state index contributed by atoms with van der Waals surface area (Å²) in [6.07, 6.45) is 1.09. The van der Waals surface area contributed by atoms with E-state index in [9.17, 15) is 0 Å². The van der Waals surface area contributed by atoms with Crippen molar-refractivity contribution in [1.82, 2.24) is 4.90 Å². The van der Waals surface area contributed by atoms with E-state index < -0.39 is 0 Å². The fourth-order valence-electron chi connectivity index (χ4n) is 3.51. The number of epoxide rings is 1. The van der Waals surface area contributed by atoms with Crippen molar-refractivity contribution in [1.29, 1.82) is 0 Å². The molecule has 0 spiro atoms. The molecule has 0 saturated carbocycles. The number of nitrogens with zero attached hydrogens (tertiary/aromatic N) is 1. The van der Waals surface area contributed by atoms with Gasteiger partial charge in [0, 0.05) is 19.1 Å². The smallest absolute Gasteiger partial charge is 0.120 e. The van der Waals surface area contributed by atoms with Gasteiger partial charge in [0.05, 0.1) is 12.5 Å². The molecule has 1 aliphatic rings. The van der Waals surface area contributed by atoms with E-state index in [0.717, 1.165) is 26.1 Å². The van der Waals surface area contributed by atoms with Crippen molar-refractivity contribution >= 4 is 11.6 Å². The highest BCUT2D eigenvalue weighted by Crippen LogP contribution is 2.39. The first-order valence-corrected chi connectivity index (χ1v) is 9.68. The van der Waals surface area contributed by atoms with Crippen LogP contribution < -0.4 is 0 Å². The minimum atomic E-state index is -0.185. The number of rotatable bonds is 9. The highest BCUT2D eigenvalue weighted by molar-refractivity contribution is 6.18. The van der Waals surface area contributed by atoms with Crippen molar-refractivity contribution in [2.45, 2.75) is 45.0 Å².